The first-order valence-electron chi connectivity index (χ1n) is 6.68. The van der Waals surface area contributed by atoms with Crippen molar-refractivity contribution in [3.05, 3.63) is 34.1 Å². The Morgan fingerprint density at radius 2 is 2.06 bits per heavy atom. The van der Waals surface area contributed by atoms with Crippen molar-refractivity contribution >= 4 is 15.9 Å². The number of benzene rings is 1. The van der Waals surface area contributed by atoms with Crippen LogP contribution in [0, 0.1) is 11.2 Å². The molecule has 0 amide bonds. The van der Waals surface area contributed by atoms with Gasteiger partial charge >= 0.3 is 0 Å². The first-order chi connectivity index (χ1) is 8.50. The van der Waals surface area contributed by atoms with E-state index in [1.54, 1.807) is 0 Å². The molecular weight excluding hydrogens is 293 g/mol. The normalized spacial score (nSPS) is 20.0. The van der Waals surface area contributed by atoms with E-state index in [2.05, 4.69) is 28.2 Å². The highest BCUT2D eigenvalue weighted by Gasteiger charge is 2.28. The van der Waals surface area contributed by atoms with Crippen molar-refractivity contribution in [1.82, 2.24) is 5.32 Å². The maximum Gasteiger partial charge on any atom is 0.129 e. The van der Waals surface area contributed by atoms with Crippen LogP contribution in [0.4, 0.5) is 4.39 Å². The highest BCUT2D eigenvalue weighted by atomic mass is 79.9. The standard InChI is InChI=1S/C15H21BrFN/c1-11(13-6-5-12(16)9-14(13)17)18-10-15(2)7-3-4-8-15/h5-6,9,11,18H,3-4,7-8,10H2,1-2H3. The SMILES string of the molecule is CC(NCC1(C)CCCC1)c1ccc(Br)cc1F. The van der Waals surface area contributed by atoms with Gasteiger partial charge in [-0.15, -0.1) is 0 Å². The van der Waals surface area contributed by atoms with Crippen molar-refractivity contribution in [2.75, 3.05) is 6.54 Å². The van der Waals surface area contributed by atoms with Crippen LogP contribution in [-0.4, -0.2) is 6.54 Å². The van der Waals surface area contributed by atoms with Crippen LogP contribution in [0.25, 0.3) is 0 Å². The Morgan fingerprint density at radius 3 is 2.67 bits per heavy atom. The molecule has 1 aromatic carbocycles. The molecule has 0 aromatic heterocycles. The zero-order valence-corrected chi connectivity index (χ0v) is 12.7. The highest BCUT2D eigenvalue weighted by Crippen LogP contribution is 2.37. The number of hydrogen-bond acceptors (Lipinski definition) is 1. The molecule has 1 aliphatic carbocycles. The minimum atomic E-state index is -0.138. The lowest BCUT2D eigenvalue weighted by molar-refractivity contribution is 0.300. The van der Waals surface area contributed by atoms with Gasteiger partial charge in [0.1, 0.15) is 5.82 Å². The second-order valence-electron chi connectivity index (χ2n) is 5.79. The second-order valence-corrected chi connectivity index (χ2v) is 6.70. The fraction of sp³-hybridized carbons (Fsp3) is 0.600. The molecular formula is C15H21BrFN. The minimum absolute atomic E-state index is 0.0653. The Balaban J connectivity index is 1.97. The number of halogens is 2. The van der Waals surface area contributed by atoms with Crippen molar-refractivity contribution in [2.45, 2.75) is 45.6 Å². The second kappa shape index (κ2) is 5.70. The van der Waals surface area contributed by atoms with Crippen molar-refractivity contribution in [2.24, 2.45) is 5.41 Å². The summed E-state index contributed by atoms with van der Waals surface area (Å²) < 4.78 is 14.6. The third-order valence-electron chi connectivity index (χ3n) is 4.07. The molecule has 1 fully saturated rings. The summed E-state index contributed by atoms with van der Waals surface area (Å²) in [5, 5.41) is 3.49. The van der Waals surface area contributed by atoms with Gasteiger partial charge < -0.3 is 5.32 Å². The fourth-order valence-electron chi connectivity index (χ4n) is 2.77. The number of hydrogen-bond donors (Lipinski definition) is 1. The predicted octanol–water partition coefficient (Wildman–Crippen LogP) is 4.82. The van der Waals surface area contributed by atoms with Crippen LogP contribution >= 0.6 is 15.9 Å². The van der Waals surface area contributed by atoms with Gasteiger partial charge in [0, 0.05) is 22.6 Å². The zero-order chi connectivity index (χ0) is 13.2. The lowest BCUT2D eigenvalue weighted by atomic mass is 9.88. The molecule has 1 atom stereocenters. The molecule has 18 heavy (non-hydrogen) atoms. The molecule has 2 rings (SSSR count). The lowest BCUT2D eigenvalue weighted by Gasteiger charge is -2.26. The summed E-state index contributed by atoms with van der Waals surface area (Å²) in [4.78, 5) is 0. The topological polar surface area (TPSA) is 12.0 Å². The van der Waals surface area contributed by atoms with Crippen molar-refractivity contribution in [1.29, 1.82) is 0 Å². The Morgan fingerprint density at radius 1 is 1.39 bits per heavy atom. The first kappa shape index (κ1) is 14.0. The molecule has 1 saturated carbocycles. The summed E-state index contributed by atoms with van der Waals surface area (Å²) in [6.45, 7) is 5.34. The number of nitrogens with one attached hydrogen (secondary N) is 1. The molecule has 100 valence electrons. The van der Waals surface area contributed by atoms with Gasteiger partial charge in [0.2, 0.25) is 0 Å². The fourth-order valence-corrected chi connectivity index (χ4v) is 3.10. The van der Waals surface area contributed by atoms with Crippen LogP contribution in [0.1, 0.15) is 51.1 Å². The van der Waals surface area contributed by atoms with Crippen LogP contribution in [0.5, 0.6) is 0 Å². The highest BCUT2D eigenvalue weighted by molar-refractivity contribution is 9.10. The molecule has 0 radical (unpaired) electrons. The minimum Gasteiger partial charge on any atom is -0.310 e. The van der Waals surface area contributed by atoms with E-state index in [-0.39, 0.29) is 11.9 Å². The van der Waals surface area contributed by atoms with Gasteiger partial charge in [-0.05, 0) is 37.3 Å². The van der Waals surface area contributed by atoms with E-state index in [0.29, 0.717) is 5.41 Å². The smallest absolute Gasteiger partial charge is 0.129 e. The maximum absolute atomic E-state index is 13.8. The molecule has 1 nitrogen and oxygen atoms in total. The van der Waals surface area contributed by atoms with Gasteiger partial charge in [0.05, 0.1) is 0 Å². The number of rotatable bonds is 4. The van der Waals surface area contributed by atoms with Crippen molar-refractivity contribution in [3.63, 3.8) is 0 Å². The quantitative estimate of drug-likeness (QED) is 0.840. The Bertz CT molecular complexity index is 413. The van der Waals surface area contributed by atoms with Crippen LogP contribution in [0.15, 0.2) is 22.7 Å². The van der Waals surface area contributed by atoms with E-state index in [0.717, 1.165) is 16.6 Å². The van der Waals surface area contributed by atoms with Gasteiger partial charge in [-0.3, -0.25) is 0 Å². The van der Waals surface area contributed by atoms with Crippen LogP contribution in [-0.2, 0) is 0 Å². The Labute approximate surface area is 117 Å². The van der Waals surface area contributed by atoms with Crippen molar-refractivity contribution in [3.8, 4) is 0 Å². The summed E-state index contributed by atoms with van der Waals surface area (Å²) in [7, 11) is 0. The molecule has 0 heterocycles. The summed E-state index contributed by atoms with van der Waals surface area (Å²) >= 11 is 3.29. The summed E-state index contributed by atoms with van der Waals surface area (Å²) in [5.74, 6) is -0.138. The van der Waals surface area contributed by atoms with Gasteiger partial charge in [-0.25, -0.2) is 4.39 Å². The molecule has 1 aromatic rings. The molecule has 0 spiro atoms. The molecule has 0 aliphatic heterocycles. The third kappa shape index (κ3) is 3.33. The zero-order valence-electron chi connectivity index (χ0n) is 11.1. The Hall–Kier alpha value is -0.410. The van der Waals surface area contributed by atoms with Gasteiger partial charge in [0.25, 0.3) is 0 Å². The lowest BCUT2D eigenvalue weighted by Crippen LogP contribution is -2.31. The van der Waals surface area contributed by atoms with Crippen LogP contribution < -0.4 is 5.32 Å². The molecule has 1 aliphatic rings. The van der Waals surface area contributed by atoms with Gasteiger partial charge in [-0.1, -0.05) is 41.8 Å². The molecule has 1 unspecified atom stereocenters. The average Bonchev–Trinajstić information content (AvgIpc) is 2.74. The van der Waals surface area contributed by atoms with E-state index in [9.17, 15) is 4.39 Å². The summed E-state index contributed by atoms with van der Waals surface area (Å²) in [5.41, 5.74) is 1.15. The summed E-state index contributed by atoms with van der Waals surface area (Å²) in [6.07, 6.45) is 5.24. The summed E-state index contributed by atoms with van der Waals surface area (Å²) in [6, 6.07) is 5.35. The third-order valence-corrected chi connectivity index (χ3v) is 4.57. The molecule has 3 heteroatoms. The van der Waals surface area contributed by atoms with Crippen LogP contribution in [0.2, 0.25) is 0 Å². The molecule has 1 N–H and O–H groups in total. The van der Waals surface area contributed by atoms with Gasteiger partial charge in [0.15, 0.2) is 0 Å². The molecule has 0 saturated heterocycles. The average molecular weight is 314 g/mol. The van der Waals surface area contributed by atoms with E-state index in [1.165, 1.54) is 31.7 Å². The monoisotopic (exact) mass is 313 g/mol. The van der Waals surface area contributed by atoms with E-state index in [1.807, 2.05) is 19.1 Å². The van der Waals surface area contributed by atoms with E-state index >= 15 is 0 Å². The molecule has 0 bridgehead atoms. The first-order valence-corrected chi connectivity index (χ1v) is 7.48. The predicted molar refractivity (Wildman–Crippen MR) is 77.1 cm³/mol. The largest absolute Gasteiger partial charge is 0.310 e. The van der Waals surface area contributed by atoms with E-state index < -0.39 is 0 Å². The van der Waals surface area contributed by atoms with E-state index in [4.69, 9.17) is 0 Å². The Kier molecular flexibility index (Phi) is 4.44. The van der Waals surface area contributed by atoms with Gasteiger partial charge in [-0.2, -0.15) is 0 Å². The van der Waals surface area contributed by atoms with Crippen LogP contribution in [0.3, 0.4) is 0 Å². The van der Waals surface area contributed by atoms with Crippen molar-refractivity contribution < 1.29 is 4.39 Å². The maximum atomic E-state index is 13.8.